The second-order valence-electron chi connectivity index (χ2n) is 10.4. The summed E-state index contributed by atoms with van der Waals surface area (Å²) in [5.41, 5.74) is 0. The van der Waals surface area contributed by atoms with Gasteiger partial charge in [0.25, 0.3) is 0 Å². The zero-order chi connectivity index (χ0) is 27.4. The standard InChI is InChI=1S/C36H25PS3Si/c38-37(26-14-4-1-5-15-26,27-16-6-2-7-17-27)29-24-25-32-36-35(29)40-31-21-11-13-23-34(31)41(36,28-18-8-3-9-19-28)33-22-12-10-20-30(33)39-32/h1-25H. The van der Waals surface area contributed by atoms with E-state index >= 15 is 0 Å². The summed E-state index contributed by atoms with van der Waals surface area (Å²) < 4.78 is 0. The van der Waals surface area contributed by atoms with Crippen molar-refractivity contribution in [3.8, 4) is 0 Å². The minimum atomic E-state index is -2.63. The first-order valence-electron chi connectivity index (χ1n) is 13.7. The number of fused-ring (bicyclic) bond motifs is 4. The molecule has 0 aliphatic carbocycles. The highest BCUT2D eigenvalue weighted by atomic mass is 32.4. The van der Waals surface area contributed by atoms with Crippen molar-refractivity contribution in [2.75, 3.05) is 0 Å². The van der Waals surface area contributed by atoms with Gasteiger partial charge in [-0.2, -0.15) is 0 Å². The van der Waals surface area contributed by atoms with E-state index in [2.05, 4.69) is 152 Å². The summed E-state index contributed by atoms with van der Waals surface area (Å²) in [4.78, 5) is 5.50. The Morgan fingerprint density at radius 1 is 0.463 bits per heavy atom. The molecule has 196 valence electrons. The number of hydrogen-bond acceptors (Lipinski definition) is 3. The van der Waals surface area contributed by atoms with Crippen LogP contribution in [0.5, 0.6) is 0 Å². The van der Waals surface area contributed by atoms with Gasteiger partial charge in [0.15, 0.2) is 8.07 Å². The van der Waals surface area contributed by atoms with E-state index in [1.807, 2.05) is 23.5 Å². The predicted molar refractivity (Wildman–Crippen MR) is 184 cm³/mol. The quantitative estimate of drug-likeness (QED) is 0.184. The molecule has 0 amide bonds. The minimum absolute atomic E-state index is 1.24. The monoisotopic (exact) mass is 612 g/mol. The summed E-state index contributed by atoms with van der Waals surface area (Å²) in [6.07, 6.45) is 0. The van der Waals surface area contributed by atoms with E-state index in [9.17, 15) is 0 Å². The van der Waals surface area contributed by atoms with Crippen molar-refractivity contribution in [3.63, 3.8) is 0 Å². The molecule has 0 saturated carbocycles. The van der Waals surface area contributed by atoms with Crippen molar-refractivity contribution in [3.05, 3.63) is 152 Å². The average Bonchev–Trinajstić information content (AvgIpc) is 3.05. The lowest BCUT2D eigenvalue weighted by Crippen LogP contribution is -2.78. The third kappa shape index (κ3) is 3.72. The minimum Gasteiger partial charge on any atom is -0.0902 e. The van der Waals surface area contributed by atoms with Crippen LogP contribution < -0.4 is 36.7 Å². The fourth-order valence-corrected chi connectivity index (χ4v) is 20.6. The lowest BCUT2D eigenvalue weighted by Gasteiger charge is -2.45. The molecule has 2 aliphatic heterocycles. The Morgan fingerprint density at radius 2 is 0.951 bits per heavy atom. The maximum atomic E-state index is 6.96. The maximum absolute atomic E-state index is 6.96. The van der Waals surface area contributed by atoms with E-state index in [0.29, 0.717) is 0 Å². The number of hydrogen-bond donors (Lipinski definition) is 0. The van der Waals surface area contributed by atoms with Crippen LogP contribution in [0.2, 0.25) is 0 Å². The highest BCUT2D eigenvalue weighted by Gasteiger charge is 2.52. The van der Waals surface area contributed by atoms with E-state index in [1.165, 1.54) is 56.2 Å². The largest absolute Gasteiger partial charge is 0.184 e. The van der Waals surface area contributed by atoms with Crippen LogP contribution in [0.25, 0.3) is 0 Å². The molecule has 6 aromatic carbocycles. The lowest BCUT2D eigenvalue weighted by atomic mass is 10.3. The highest BCUT2D eigenvalue weighted by molar-refractivity contribution is 8.25. The van der Waals surface area contributed by atoms with Gasteiger partial charge in [-0.05, 0) is 49.6 Å². The molecular formula is C36H25PS3Si. The van der Waals surface area contributed by atoms with Gasteiger partial charge in [-0.3, -0.25) is 0 Å². The fourth-order valence-electron chi connectivity index (χ4n) is 6.57. The third-order valence-corrected chi connectivity index (χ3v) is 21.4. The van der Waals surface area contributed by atoms with E-state index in [-0.39, 0.29) is 0 Å². The molecule has 0 N–H and O–H groups in total. The molecule has 0 saturated heterocycles. The average molecular weight is 613 g/mol. The molecule has 6 aromatic rings. The van der Waals surface area contributed by atoms with Crippen molar-refractivity contribution in [1.29, 1.82) is 0 Å². The van der Waals surface area contributed by atoms with Crippen LogP contribution in [0, 0.1) is 0 Å². The SMILES string of the molecule is S=P(c1ccccc1)(c1ccccc1)c1ccc2c3c1Sc1ccccc1[Si]3(c1ccccc1)c1ccccc1S2. The van der Waals surface area contributed by atoms with Gasteiger partial charge in [0.2, 0.25) is 0 Å². The molecule has 0 fully saturated rings. The van der Waals surface area contributed by atoms with E-state index < -0.39 is 14.1 Å². The van der Waals surface area contributed by atoms with Crippen LogP contribution in [0.4, 0.5) is 0 Å². The summed E-state index contributed by atoms with van der Waals surface area (Å²) in [5.74, 6) is 0. The van der Waals surface area contributed by atoms with Gasteiger partial charge < -0.3 is 0 Å². The Morgan fingerprint density at radius 3 is 1.54 bits per heavy atom. The Bertz CT molecular complexity index is 1920. The molecule has 41 heavy (non-hydrogen) atoms. The molecule has 0 spiro atoms. The zero-order valence-corrected chi connectivity index (χ0v) is 26.4. The van der Waals surface area contributed by atoms with Gasteiger partial charge in [-0.1, -0.05) is 169 Å². The Labute approximate surface area is 255 Å². The Kier molecular flexibility index (Phi) is 6.25. The van der Waals surface area contributed by atoms with Crippen LogP contribution >= 0.6 is 29.6 Å². The molecular weight excluding hydrogens is 588 g/mol. The van der Waals surface area contributed by atoms with Gasteiger partial charge in [0, 0.05) is 30.9 Å². The second-order valence-corrected chi connectivity index (χ2v) is 20.5. The van der Waals surface area contributed by atoms with Crippen LogP contribution in [0.1, 0.15) is 0 Å². The van der Waals surface area contributed by atoms with E-state index in [1.54, 1.807) is 0 Å². The molecule has 0 aromatic heterocycles. The second kappa shape index (κ2) is 10.0. The van der Waals surface area contributed by atoms with Crippen LogP contribution in [-0.2, 0) is 11.8 Å². The van der Waals surface area contributed by atoms with Crippen molar-refractivity contribution >= 4 is 86.1 Å². The summed E-state index contributed by atoms with van der Waals surface area (Å²) in [6.45, 7) is 0. The van der Waals surface area contributed by atoms with Crippen molar-refractivity contribution in [2.24, 2.45) is 0 Å². The molecule has 1 atom stereocenters. The van der Waals surface area contributed by atoms with Crippen LogP contribution in [0.3, 0.4) is 0 Å². The van der Waals surface area contributed by atoms with Crippen LogP contribution in [-0.4, -0.2) is 8.07 Å². The Balaban J connectivity index is 1.54. The molecule has 1 unspecified atom stereocenters. The summed E-state index contributed by atoms with van der Waals surface area (Å²) in [7, 11) is -2.63. The van der Waals surface area contributed by atoms with E-state index in [0.717, 1.165) is 0 Å². The fraction of sp³-hybridized carbons (Fsp3) is 0. The normalized spacial score (nSPS) is 16.8. The number of benzene rings is 6. The molecule has 2 heterocycles. The van der Waals surface area contributed by atoms with Crippen LogP contribution in [0.15, 0.2) is 171 Å². The molecule has 2 aliphatic rings. The van der Waals surface area contributed by atoms with Gasteiger partial charge in [-0.15, -0.1) is 0 Å². The third-order valence-electron chi connectivity index (χ3n) is 8.27. The molecule has 8 rings (SSSR count). The first-order chi connectivity index (χ1) is 20.2. The molecule has 0 nitrogen and oxygen atoms in total. The predicted octanol–water partition coefficient (Wildman–Crippen LogP) is 5.75. The van der Waals surface area contributed by atoms with Crippen molar-refractivity contribution in [1.82, 2.24) is 0 Å². The summed E-state index contributed by atoms with van der Waals surface area (Å²) in [5, 5.41) is 9.74. The first-order valence-corrected chi connectivity index (χ1v) is 20.2. The van der Waals surface area contributed by atoms with Crippen molar-refractivity contribution < 1.29 is 0 Å². The smallest absolute Gasteiger partial charge is 0.0902 e. The molecule has 5 heteroatoms. The first kappa shape index (κ1) is 25.6. The lowest BCUT2D eigenvalue weighted by molar-refractivity contribution is 1.34. The molecule has 0 radical (unpaired) electrons. The molecule has 0 bridgehead atoms. The van der Waals surface area contributed by atoms with Gasteiger partial charge in [0.05, 0.1) is 0 Å². The summed E-state index contributed by atoms with van der Waals surface area (Å²) in [6, 6.07) is 53.7. The topological polar surface area (TPSA) is 0 Å². The van der Waals surface area contributed by atoms with Gasteiger partial charge in [0.1, 0.15) is 0 Å². The highest BCUT2D eigenvalue weighted by Crippen LogP contribution is 2.49. The van der Waals surface area contributed by atoms with Crippen molar-refractivity contribution in [2.45, 2.75) is 19.6 Å². The number of rotatable bonds is 4. The van der Waals surface area contributed by atoms with Gasteiger partial charge >= 0.3 is 0 Å². The van der Waals surface area contributed by atoms with E-state index in [4.69, 9.17) is 11.8 Å². The summed E-state index contributed by atoms with van der Waals surface area (Å²) >= 11 is 10.8. The van der Waals surface area contributed by atoms with Gasteiger partial charge in [-0.25, -0.2) is 0 Å². The Hall–Kier alpha value is -3.11. The zero-order valence-electron chi connectivity index (χ0n) is 22.1. The maximum Gasteiger partial charge on any atom is 0.184 e.